The Morgan fingerprint density at radius 1 is 0.857 bits per heavy atom. The standard InChI is InChI=1S/C9H17NO.C8H15NO/c1-8(2)10-7-5-3-4-6-9(10)11;1-2-9-7-5-3-4-6-8(9)10/h8H,3-7H2,1-2H3;2-7H2,1H3. The minimum Gasteiger partial charge on any atom is -0.343 e. The maximum Gasteiger partial charge on any atom is 0.222 e. The van der Waals surface area contributed by atoms with Gasteiger partial charge in [-0.05, 0) is 46.5 Å². The molecule has 2 heterocycles. The molecule has 4 nitrogen and oxygen atoms in total. The van der Waals surface area contributed by atoms with E-state index in [1.54, 1.807) is 0 Å². The second-order valence-electron chi connectivity index (χ2n) is 6.28. The van der Waals surface area contributed by atoms with Crippen molar-refractivity contribution in [3.05, 3.63) is 0 Å². The van der Waals surface area contributed by atoms with E-state index in [4.69, 9.17) is 0 Å². The van der Waals surface area contributed by atoms with Crippen molar-refractivity contribution in [2.45, 2.75) is 78.2 Å². The Hall–Kier alpha value is -1.06. The van der Waals surface area contributed by atoms with Gasteiger partial charge in [0.05, 0.1) is 0 Å². The van der Waals surface area contributed by atoms with Gasteiger partial charge in [-0.25, -0.2) is 0 Å². The zero-order chi connectivity index (χ0) is 15.7. The van der Waals surface area contributed by atoms with Crippen LogP contribution in [0.4, 0.5) is 0 Å². The summed E-state index contributed by atoms with van der Waals surface area (Å²) >= 11 is 0. The number of carbonyl (C=O) groups excluding carboxylic acids is 2. The van der Waals surface area contributed by atoms with Crippen LogP contribution in [0.15, 0.2) is 0 Å². The molecule has 0 saturated carbocycles. The first-order valence-corrected chi connectivity index (χ1v) is 8.63. The number of carbonyl (C=O) groups is 2. The fourth-order valence-electron chi connectivity index (χ4n) is 2.92. The third-order valence-electron chi connectivity index (χ3n) is 4.29. The van der Waals surface area contributed by atoms with E-state index in [1.165, 1.54) is 25.7 Å². The Kier molecular flexibility index (Phi) is 8.40. The van der Waals surface area contributed by atoms with Crippen LogP contribution in [0.2, 0.25) is 0 Å². The lowest BCUT2D eigenvalue weighted by molar-refractivity contribution is -0.132. The minimum atomic E-state index is 0.345. The van der Waals surface area contributed by atoms with Crippen molar-refractivity contribution < 1.29 is 9.59 Å². The second-order valence-corrected chi connectivity index (χ2v) is 6.28. The lowest BCUT2D eigenvalue weighted by atomic mass is 10.2. The Labute approximate surface area is 129 Å². The molecule has 0 N–H and O–H groups in total. The lowest BCUT2D eigenvalue weighted by Gasteiger charge is -2.24. The van der Waals surface area contributed by atoms with Gasteiger partial charge in [0.2, 0.25) is 11.8 Å². The molecule has 0 radical (unpaired) electrons. The van der Waals surface area contributed by atoms with Crippen molar-refractivity contribution in [2.75, 3.05) is 19.6 Å². The first-order chi connectivity index (χ1) is 10.1. The Morgan fingerprint density at radius 3 is 2.00 bits per heavy atom. The summed E-state index contributed by atoms with van der Waals surface area (Å²) in [6, 6.07) is 0.389. The number of hydrogen-bond acceptors (Lipinski definition) is 2. The zero-order valence-corrected chi connectivity index (χ0v) is 14.1. The van der Waals surface area contributed by atoms with Gasteiger partial charge in [-0.1, -0.05) is 12.8 Å². The molecule has 4 heteroatoms. The van der Waals surface area contributed by atoms with E-state index in [0.717, 1.165) is 45.3 Å². The van der Waals surface area contributed by atoms with Crippen LogP contribution in [0.3, 0.4) is 0 Å². The SMILES string of the molecule is CC(C)N1CCCCCC1=O.CCN1CCCCCC1=O. The second kappa shape index (κ2) is 9.80. The highest BCUT2D eigenvalue weighted by Gasteiger charge is 2.18. The van der Waals surface area contributed by atoms with E-state index in [0.29, 0.717) is 17.9 Å². The van der Waals surface area contributed by atoms with E-state index in [-0.39, 0.29) is 0 Å². The van der Waals surface area contributed by atoms with Crippen LogP contribution in [0.1, 0.15) is 72.1 Å². The molecule has 2 saturated heterocycles. The van der Waals surface area contributed by atoms with Gasteiger partial charge in [0.15, 0.2) is 0 Å². The van der Waals surface area contributed by atoms with Crippen LogP contribution in [0, 0.1) is 0 Å². The van der Waals surface area contributed by atoms with Crippen molar-refractivity contribution in [1.82, 2.24) is 9.80 Å². The predicted octanol–water partition coefficient (Wildman–Crippen LogP) is 3.21. The van der Waals surface area contributed by atoms with Gasteiger partial charge in [0.1, 0.15) is 0 Å². The van der Waals surface area contributed by atoms with E-state index in [9.17, 15) is 9.59 Å². The highest BCUT2D eigenvalue weighted by Crippen LogP contribution is 2.13. The van der Waals surface area contributed by atoms with Gasteiger partial charge < -0.3 is 9.80 Å². The zero-order valence-electron chi connectivity index (χ0n) is 14.1. The summed E-state index contributed by atoms with van der Waals surface area (Å²) in [5, 5.41) is 0. The lowest BCUT2D eigenvalue weighted by Crippen LogP contribution is -2.36. The van der Waals surface area contributed by atoms with Gasteiger partial charge in [-0.15, -0.1) is 0 Å². The summed E-state index contributed by atoms with van der Waals surface area (Å²) in [7, 11) is 0. The number of amides is 2. The van der Waals surface area contributed by atoms with Crippen molar-refractivity contribution in [2.24, 2.45) is 0 Å². The topological polar surface area (TPSA) is 40.6 Å². The molecule has 0 aromatic heterocycles. The molecular formula is C17H32N2O2. The van der Waals surface area contributed by atoms with E-state index in [2.05, 4.69) is 13.8 Å². The third-order valence-corrected chi connectivity index (χ3v) is 4.29. The van der Waals surface area contributed by atoms with Gasteiger partial charge in [0, 0.05) is 38.5 Å². The van der Waals surface area contributed by atoms with Gasteiger partial charge in [-0.3, -0.25) is 9.59 Å². The number of rotatable bonds is 2. The molecule has 0 spiro atoms. The average Bonchev–Trinajstić information content (AvgIpc) is 2.79. The van der Waals surface area contributed by atoms with Crippen LogP contribution < -0.4 is 0 Å². The van der Waals surface area contributed by atoms with Crippen molar-refractivity contribution in [3.8, 4) is 0 Å². The van der Waals surface area contributed by atoms with Crippen LogP contribution in [0.25, 0.3) is 0 Å². The third kappa shape index (κ3) is 6.49. The monoisotopic (exact) mass is 296 g/mol. The molecule has 0 unspecified atom stereocenters. The van der Waals surface area contributed by atoms with E-state index >= 15 is 0 Å². The highest BCUT2D eigenvalue weighted by molar-refractivity contribution is 5.76. The summed E-state index contributed by atoms with van der Waals surface area (Å²) in [6.07, 6.45) is 8.53. The Balaban J connectivity index is 0.000000211. The molecule has 0 aliphatic carbocycles. The van der Waals surface area contributed by atoms with Gasteiger partial charge in [-0.2, -0.15) is 0 Å². The smallest absolute Gasteiger partial charge is 0.222 e. The highest BCUT2D eigenvalue weighted by atomic mass is 16.2. The largest absolute Gasteiger partial charge is 0.343 e. The number of hydrogen-bond donors (Lipinski definition) is 0. The van der Waals surface area contributed by atoms with Crippen LogP contribution in [-0.4, -0.2) is 47.3 Å². The molecule has 2 rings (SSSR count). The first kappa shape index (κ1) is 18.0. The molecule has 2 aliphatic heterocycles. The summed E-state index contributed by atoms with van der Waals surface area (Å²) in [6.45, 7) is 9.06. The van der Waals surface area contributed by atoms with Crippen LogP contribution in [-0.2, 0) is 9.59 Å². The van der Waals surface area contributed by atoms with Crippen molar-refractivity contribution >= 4 is 11.8 Å². The summed E-state index contributed by atoms with van der Waals surface area (Å²) in [5.74, 6) is 0.692. The van der Waals surface area contributed by atoms with E-state index in [1.807, 2.05) is 16.7 Å². The number of nitrogens with zero attached hydrogens (tertiary/aromatic N) is 2. The first-order valence-electron chi connectivity index (χ1n) is 8.63. The molecule has 21 heavy (non-hydrogen) atoms. The quantitative estimate of drug-likeness (QED) is 0.785. The van der Waals surface area contributed by atoms with Crippen molar-refractivity contribution in [3.63, 3.8) is 0 Å². The summed E-state index contributed by atoms with van der Waals surface area (Å²) in [5.41, 5.74) is 0. The molecule has 122 valence electrons. The van der Waals surface area contributed by atoms with Crippen LogP contribution >= 0.6 is 0 Å². The maximum absolute atomic E-state index is 11.4. The van der Waals surface area contributed by atoms with Gasteiger partial charge >= 0.3 is 0 Å². The molecule has 2 fully saturated rings. The molecule has 0 bridgehead atoms. The van der Waals surface area contributed by atoms with Crippen LogP contribution in [0.5, 0.6) is 0 Å². The Morgan fingerprint density at radius 2 is 1.43 bits per heavy atom. The van der Waals surface area contributed by atoms with Gasteiger partial charge in [0.25, 0.3) is 0 Å². The molecule has 2 amide bonds. The summed E-state index contributed by atoms with van der Waals surface area (Å²) < 4.78 is 0. The number of likely N-dealkylation sites (tertiary alicyclic amines) is 2. The van der Waals surface area contributed by atoms with Crippen molar-refractivity contribution in [1.29, 1.82) is 0 Å². The molecule has 0 aromatic carbocycles. The average molecular weight is 296 g/mol. The molecule has 0 aromatic rings. The fraction of sp³-hybridized carbons (Fsp3) is 0.882. The normalized spacial score (nSPS) is 20.8. The molecule has 2 aliphatic rings. The Bertz CT molecular complexity index is 329. The minimum absolute atomic E-state index is 0.345. The predicted molar refractivity (Wildman–Crippen MR) is 86.0 cm³/mol. The fourth-order valence-corrected chi connectivity index (χ4v) is 2.92. The maximum atomic E-state index is 11.4. The molecule has 0 atom stereocenters. The van der Waals surface area contributed by atoms with E-state index < -0.39 is 0 Å². The molecular weight excluding hydrogens is 264 g/mol. The summed E-state index contributed by atoms with van der Waals surface area (Å²) in [4.78, 5) is 26.5.